The molecular weight excluding hydrogens is 398 g/mol. The van der Waals surface area contributed by atoms with Crippen LogP contribution in [0.5, 0.6) is 0 Å². The number of amides is 2. The number of hydrogen-bond acceptors (Lipinski definition) is 5. The van der Waals surface area contributed by atoms with E-state index in [1.165, 1.54) is 0 Å². The molecule has 3 N–H and O–H groups in total. The lowest BCUT2D eigenvalue weighted by Crippen LogP contribution is -2.54. The van der Waals surface area contributed by atoms with Gasteiger partial charge in [-0.15, -0.1) is 0 Å². The Kier molecular flexibility index (Phi) is 8.58. The molecule has 0 saturated heterocycles. The number of aliphatic carboxylic acids is 1. The number of ether oxygens (including phenoxy) is 1. The minimum Gasteiger partial charge on any atom is -0.480 e. The fourth-order valence-electron chi connectivity index (χ4n) is 2.92. The second kappa shape index (κ2) is 11.4. The molecule has 0 aliphatic carbocycles. The van der Waals surface area contributed by atoms with E-state index < -0.39 is 30.1 Å². The maximum absolute atomic E-state index is 12.7. The molecule has 8 heteroatoms. The number of alkyl carbamates (subject to hydrolysis) is 1. The van der Waals surface area contributed by atoms with Crippen LogP contribution in [0, 0.1) is 17.2 Å². The number of carbonyl (C=O) groups is 3. The first-order valence-corrected chi connectivity index (χ1v) is 9.80. The van der Waals surface area contributed by atoms with Gasteiger partial charge in [0, 0.05) is 6.42 Å². The van der Waals surface area contributed by atoms with Crippen LogP contribution < -0.4 is 10.6 Å². The van der Waals surface area contributed by atoms with Gasteiger partial charge in [0.25, 0.3) is 0 Å². The van der Waals surface area contributed by atoms with Gasteiger partial charge in [-0.3, -0.25) is 4.79 Å². The Morgan fingerprint density at radius 2 is 1.68 bits per heavy atom. The monoisotopic (exact) mass is 423 g/mol. The van der Waals surface area contributed by atoms with E-state index in [1.807, 2.05) is 24.3 Å². The third-order valence-electron chi connectivity index (χ3n) is 4.61. The van der Waals surface area contributed by atoms with E-state index >= 15 is 0 Å². The summed E-state index contributed by atoms with van der Waals surface area (Å²) in [6, 6.07) is 15.4. The first-order valence-electron chi connectivity index (χ1n) is 9.80. The number of carboxylic acid groups (broad SMARTS) is 1. The number of nitrogens with zero attached hydrogens (tertiary/aromatic N) is 1. The van der Waals surface area contributed by atoms with Crippen LogP contribution in [-0.4, -0.2) is 35.2 Å². The molecule has 2 aromatic rings. The van der Waals surface area contributed by atoms with Crippen molar-refractivity contribution in [3.05, 3.63) is 71.3 Å². The van der Waals surface area contributed by atoms with Crippen molar-refractivity contribution in [2.45, 2.75) is 39.0 Å². The van der Waals surface area contributed by atoms with E-state index in [0.29, 0.717) is 11.1 Å². The van der Waals surface area contributed by atoms with Crippen LogP contribution in [0.25, 0.3) is 0 Å². The predicted molar refractivity (Wildman–Crippen MR) is 113 cm³/mol. The second-order valence-corrected chi connectivity index (χ2v) is 7.30. The average molecular weight is 423 g/mol. The molecule has 0 radical (unpaired) electrons. The Balaban J connectivity index is 2.02. The van der Waals surface area contributed by atoms with E-state index in [0.717, 1.165) is 5.56 Å². The molecule has 8 nitrogen and oxygen atoms in total. The molecule has 0 aliphatic heterocycles. The number of carboxylic acids is 1. The fraction of sp³-hybridized carbons (Fsp3) is 0.304. The molecule has 2 aromatic carbocycles. The number of nitrogens with one attached hydrogen (secondary N) is 2. The van der Waals surface area contributed by atoms with E-state index in [1.54, 1.807) is 50.2 Å². The zero-order valence-electron chi connectivity index (χ0n) is 17.4. The SMILES string of the molecule is CC(C)[C@H](NC(=O)OCc1ccccc1)C(=O)N[C@@H](Cc1ccccc1C#N)C(=O)O. The molecule has 0 heterocycles. The molecule has 0 spiro atoms. The van der Waals surface area contributed by atoms with Crippen molar-refractivity contribution in [2.75, 3.05) is 0 Å². The number of hydrogen-bond donors (Lipinski definition) is 3. The van der Waals surface area contributed by atoms with Gasteiger partial charge < -0.3 is 20.5 Å². The minimum atomic E-state index is -1.26. The maximum atomic E-state index is 12.7. The standard InChI is InChI=1S/C23H25N3O5/c1-15(2)20(26-23(30)31-14-16-8-4-3-5-9-16)21(27)25-19(22(28)29)12-17-10-6-7-11-18(17)13-24/h3-11,15,19-20H,12,14H2,1-2H3,(H,25,27)(H,26,30)(H,28,29)/t19-,20-/m0/s1. The lowest BCUT2D eigenvalue weighted by molar-refractivity contribution is -0.142. The molecule has 2 rings (SSSR count). The van der Waals surface area contributed by atoms with Gasteiger partial charge in [0.05, 0.1) is 11.6 Å². The predicted octanol–water partition coefficient (Wildman–Crippen LogP) is 2.62. The summed E-state index contributed by atoms with van der Waals surface area (Å²) in [6.07, 6.45) is -0.840. The summed E-state index contributed by atoms with van der Waals surface area (Å²) in [5, 5.41) is 23.7. The quantitative estimate of drug-likeness (QED) is 0.569. The van der Waals surface area contributed by atoms with Gasteiger partial charge in [-0.25, -0.2) is 9.59 Å². The summed E-state index contributed by atoms with van der Waals surface area (Å²) < 4.78 is 5.15. The highest BCUT2D eigenvalue weighted by atomic mass is 16.5. The first kappa shape index (κ1) is 23.4. The number of benzene rings is 2. The van der Waals surface area contributed by atoms with Crippen molar-refractivity contribution in [3.63, 3.8) is 0 Å². The zero-order chi connectivity index (χ0) is 22.8. The van der Waals surface area contributed by atoms with Crippen LogP contribution in [0.15, 0.2) is 54.6 Å². The van der Waals surface area contributed by atoms with Crippen LogP contribution in [0.1, 0.15) is 30.5 Å². The van der Waals surface area contributed by atoms with Gasteiger partial charge in [-0.1, -0.05) is 62.4 Å². The van der Waals surface area contributed by atoms with Crippen molar-refractivity contribution < 1.29 is 24.2 Å². The largest absolute Gasteiger partial charge is 0.480 e. The molecule has 2 amide bonds. The Labute approximate surface area is 180 Å². The van der Waals surface area contributed by atoms with Gasteiger partial charge in [-0.05, 0) is 23.1 Å². The Morgan fingerprint density at radius 1 is 1.03 bits per heavy atom. The normalized spacial score (nSPS) is 12.3. The first-order chi connectivity index (χ1) is 14.8. The summed E-state index contributed by atoms with van der Waals surface area (Å²) in [5.74, 6) is -2.20. The van der Waals surface area contributed by atoms with Crippen LogP contribution in [0.4, 0.5) is 4.79 Å². The highest BCUT2D eigenvalue weighted by molar-refractivity contribution is 5.89. The molecule has 2 atom stereocenters. The van der Waals surface area contributed by atoms with Gasteiger partial charge in [0.2, 0.25) is 5.91 Å². The summed E-state index contributed by atoms with van der Waals surface area (Å²) >= 11 is 0. The van der Waals surface area contributed by atoms with Crippen LogP contribution in [0.3, 0.4) is 0 Å². The van der Waals surface area contributed by atoms with Crippen LogP contribution in [0.2, 0.25) is 0 Å². The van der Waals surface area contributed by atoms with Crippen LogP contribution >= 0.6 is 0 Å². The van der Waals surface area contributed by atoms with Crippen molar-refractivity contribution in [1.29, 1.82) is 5.26 Å². The van der Waals surface area contributed by atoms with Gasteiger partial charge >= 0.3 is 12.1 Å². The molecule has 0 fully saturated rings. The lowest BCUT2D eigenvalue weighted by Gasteiger charge is -2.24. The molecule has 162 valence electrons. The van der Waals surface area contributed by atoms with E-state index in [4.69, 9.17) is 4.74 Å². The highest BCUT2D eigenvalue weighted by Crippen LogP contribution is 2.11. The minimum absolute atomic E-state index is 0.0435. The molecule has 0 aliphatic rings. The summed E-state index contributed by atoms with van der Waals surface area (Å²) in [5.41, 5.74) is 1.64. The third kappa shape index (κ3) is 7.16. The summed E-state index contributed by atoms with van der Waals surface area (Å²) in [4.78, 5) is 36.6. The lowest BCUT2D eigenvalue weighted by atomic mass is 9.99. The summed E-state index contributed by atoms with van der Waals surface area (Å²) in [7, 11) is 0. The topological polar surface area (TPSA) is 129 Å². The fourth-order valence-corrected chi connectivity index (χ4v) is 2.92. The zero-order valence-corrected chi connectivity index (χ0v) is 17.4. The number of carbonyl (C=O) groups excluding carboxylic acids is 2. The maximum Gasteiger partial charge on any atom is 0.408 e. The van der Waals surface area contributed by atoms with E-state index in [9.17, 15) is 24.8 Å². The smallest absolute Gasteiger partial charge is 0.408 e. The summed E-state index contributed by atoms with van der Waals surface area (Å²) in [6.45, 7) is 3.49. The Hall–Kier alpha value is -3.86. The van der Waals surface area contributed by atoms with Crippen molar-refractivity contribution in [2.24, 2.45) is 5.92 Å². The average Bonchev–Trinajstić information content (AvgIpc) is 2.76. The highest BCUT2D eigenvalue weighted by Gasteiger charge is 2.29. The van der Waals surface area contributed by atoms with Crippen molar-refractivity contribution in [1.82, 2.24) is 10.6 Å². The number of nitriles is 1. The van der Waals surface area contributed by atoms with Crippen LogP contribution in [-0.2, 0) is 27.4 Å². The van der Waals surface area contributed by atoms with E-state index in [2.05, 4.69) is 10.6 Å². The van der Waals surface area contributed by atoms with Crippen molar-refractivity contribution in [3.8, 4) is 6.07 Å². The third-order valence-corrected chi connectivity index (χ3v) is 4.61. The Morgan fingerprint density at radius 3 is 2.29 bits per heavy atom. The Bertz CT molecular complexity index is 953. The molecule has 0 saturated carbocycles. The van der Waals surface area contributed by atoms with Gasteiger partial charge in [-0.2, -0.15) is 5.26 Å². The molecule has 31 heavy (non-hydrogen) atoms. The van der Waals surface area contributed by atoms with Crippen molar-refractivity contribution >= 4 is 18.0 Å². The molecule has 0 aromatic heterocycles. The molecule has 0 bridgehead atoms. The van der Waals surface area contributed by atoms with Gasteiger partial charge in [0.1, 0.15) is 18.7 Å². The van der Waals surface area contributed by atoms with Gasteiger partial charge in [0.15, 0.2) is 0 Å². The van der Waals surface area contributed by atoms with E-state index in [-0.39, 0.29) is 18.9 Å². The number of rotatable bonds is 9. The second-order valence-electron chi connectivity index (χ2n) is 7.30. The molecular formula is C23H25N3O5. The molecule has 0 unspecified atom stereocenters.